The summed E-state index contributed by atoms with van der Waals surface area (Å²) in [7, 11) is 0. The highest BCUT2D eigenvalue weighted by Crippen LogP contribution is 2.30. The molecule has 3 aromatic heterocycles. The van der Waals surface area contributed by atoms with Gasteiger partial charge >= 0.3 is 0 Å². The lowest BCUT2D eigenvalue weighted by Gasteiger charge is -2.12. The van der Waals surface area contributed by atoms with Gasteiger partial charge in [0.15, 0.2) is 5.16 Å². The molecule has 0 fully saturated rings. The van der Waals surface area contributed by atoms with E-state index in [2.05, 4.69) is 50.0 Å². The van der Waals surface area contributed by atoms with Crippen molar-refractivity contribution in [2.45, 2.75) is 38.4 Å². The van der Waals surface area contributed by atoms with Crippen LogP contribution in [-0.2, 0) is 6.54 Å². The van der Waals surface area contributed by atoms with Crippen molar-refractivity contribution in [1.29, 1.82) is 0 Å². The Kier molecular flexibility index (Phi) is 5.02. The maximum Gasteiger partial charge on any atom is 0.272 e. The molecule has 4 aromatic rings. The zero-order valence-electron chi connectivity index (χ0n) is 15.6. The smallest absolute Gasteiger partial charge is 0.272 e. The van der Waals surface area contributed by atoms with Gasteiger partial charge in [0.1, 0.15) is 9.53 Å². The van der Waals surface area contributed by atoms with Gasteiger partial charge in [0.05, 0.1) is 12.1 Å². The normalized spacial score (nSPS) is 11.7. The lowest BCUT2D eigenvalue weighted by atomic mass is 10.0. The van der Waals surface area contributed by atoms with E-state index in [9.17, 15) is 4.79 Å². The zero-order valence-corrected chi connectivity index (χ0v) is 17.2. The molecular formula is C21H21N3OS2. The summed E-state index contributed by atoms with van der Waals surface area (Å²) < 4.78 is 2.49. The second-order valence-electron chi connectivity index (χ2n) is 6.75. The van der Waals surface area contributed by atoms with Gasteiger partial charge in [-0.05, 0) is 34.9 Å². The van der Waals surface area contributed by atoms with Gasteiger partial charge in [-0.2, -0.15) is 0 Å². The summed E-state index contributed by atoms with van der Waals surface area (Å²) in [5, 5.41) is 1.73. The molecular weight excluding hydrogens is 374 g/mol. The molecule has 0 radical (unpaired) electrons. The molecule has 0 saturated heterocycles. The van der Waals surface area contributed by atoms with E-state index in [1.807, 2.05) is 12.1 Å². The highest BCUT2D eigenvalue weighted by molar-refractivity contribution is 7.99. The first-order chi connectivity index (χ1) is 13.1. The molecule has 0 aliphatic rings. The summed E-state index contributed by atoms with van der Waals surface area (Å²) in [5.41, 5.74) is 3.21. The van der Waals surface area contributed by atoms with Gasteiger partial charge in [0.2, 0.25) is 0 Å². The van der Waals surface area contributed by atoms with E-state index in [1.54, 1.807) is 22.5 Å². The Hall–Kier alpha value is -2.18. The second kappa shape index (κ2) is 7.44. The van der Waals surface area contributed by atoms with Crippen LogP contribution in [0.25, 0.3) is 20.4 Å². The minimum atomic E-state index is 0.0203. The fourth-order valence-corrected chi connectivity index (χ4v) is 4.86. The number of pyridine rings is 1. The molecule has 4 nitrogen and oxygen atoms in total. The largest absolute Gasteiger partial charge is 0.282 e. The summed E-state index contributed by atoms with van der Waals surface area (Å²) in [4.78, 5) is 23.4. The maximum atomic E-state index is 13.3. The summed E-state index contributed by atoms with van der Waals surface area (Å²) in [5.74, 6) is 1.36. The molecule has 0 unspecified atom stereocenters. The average Bonchev–Trinajstić information content (AvgIpc) is 3.04. The van der Waals surface area contributed by atoms with E-state index in [0.717, 1.165) is 32.2 Å². The quantitative estimate of drug-likeness (QED) is 0.340. The number of aromatic nitrogens is 3. The first-order valence-corrected chi connectivity index (χ1v) is 10.9. The summed E-state index contributed by atoms with van der Waals surface area (Å²) in [6.07, 6.45) is 1.76. The number of thiophene rings is 1. The van der Waals surface area contributed by atoms with Crippen LogP contribution in [0.5, 0.6) is 0 Å². The molecule has 3 heterocycles. The van der Waals surface area contributed by atoms with Crippen LogP contribution in [0, 0.1) is 0 Å². The summed E-state index contributed by atoms with van der Waals surface area (Å²) >= 11 is 3.04. The molecule has 0 N–H and O–H groups in total. The van der Waals surface area contributed by atoms with Gasteiger partial charge in [-0.25, -0.2) is 9.97 Å². The number of benzene rings is 1. The number of nitrogens with zero attached hydrogens (tertiary/aromatic N) is 3. The number of hydrogen-bond donors (Lipinski definition) is 0. The van der Waals surface area contributed by atoms with Gasteiger partial charge in [0.25, 0.3) is 5.56 Å². The van der Waals surface area contributed by atoms with E-state index >= 15 is 0 Å². The highest BCUT2D eigenvalue weighted by Gasteiger charge is 2.16. The first kappa shape index (κ1) is 18.2. The van der Waals surface area contributed by atoms with Crippen molar-refractivity contribution < 1.29 is 0 Å². The minimum absolute atomic E-state index is 0.0203. The van der Waals surface area contributed by atoms with E-state index < -0.39 is 0 Å². The van der Waals surface area contributed by atoms with Gasteiger partial charge in [-0.15, -0.1) is 11.3 Å². The van der Waals surface area contributed by atoms with E-state index in [-0.39, 0.29) is 5.56 Å². The Labute approximate surface area is 166 Å². The monoisotopic (exact) mass is 395 g/mol. The van der Waals surface area contributed by atoms with Crippen LogP contribution in [0.1, 0.15) is 37.8 Å². The maximum absolute atomic E-state index is 13.3. The molecule has 0 aliphatic heterocycles. The third-order valence-corrected chi connectivity index (χ3v) is 6.53. The van der Waals surface area contributed by atoms with Gasteiger partial charge < -0.3 is 0 Å². The molecule has 1 aromatic carbocycles. The fourth-order valence-electron chi connectivity index (χ4n) is 3.11. The van der Waals surface area contributed by atoms with Crippen molar-refractivity contribution in [3.63, 3.8) is 0 Å². The molecule has 0 aliphatic carbocycles. The van der Waals surface area contributed by atoms with E-state index in [1.165, 1.54) is 16.9 Å². The Morgan fingerprint density at radius 1 is 1.19 bits per heavy atom. The Balaban J connectivity index is 1.85. The minimum Gasteiger partial charge on any atom is -0.282 e. The second-order valence-corrected chi connectivity index (χ2v) is 8.98. The molecule has 4 rings (SSSR count). The van der Waals surface area contributed by atoms with Crippen molar-refractivity contribution in [1.82, 2.24) is 14.5 Å². The molecule has 0 saturated carbocycles. The molecule has 6 heteroatoms. The van der Waals surface area contributed by atoms with E-state index in [0.29, 0.717) is 17.2 Å². The summed E-state index contributed by atoms with van der Waals surface area (Å²) in [6.45, 7) is 6.98. The predicted octanol–water partition coefficient (Wildman–Crippen LogP) is 5.29. The number of rotatable bonds is 5. The van der Waals surface area contributed by atoms with Crippen LogP contribution in [0.4, 0.5) is 0 Å². The molecule has 0 spiro atoms. The zero-order chi connectivity index (χ0) is 19.0. The fraction of sp³-hybridized carbons (Fsp3) is 0.286. The Morgan fingerprint density at radius 2 is 1.96 bits per heavy atom. The lowest BCUT2D eigenvalue weighted by Crippen LogP contribution is -2.23. The van der Waals surface area contributed by atoms with Gasteiger partial charge in [-0.1, -0.05) is 56.8 Å². The van der Waals surface area contributed by atoms with E-state index in [4.69, 9.17) is 4.98 Å². The first-order valence-electron chi connectivity index (χ1n) is 9.08. The van der Waals surface area contributed by atoms with Crippen molar-refractivity contribution in [3.8, 4) is 0 Å². The number of fused-ring (bicyclic) bond motifs is 3. The van der Waals surface area contributed by atoms with Crippen LogP contribution in [-0.4, -0.2) is 20.3 Å². The molecule has 0 bridgehead atoms. The third-order valence-electron chi connectivity index (χ3n) is 4.58. The topological polar surface area (TPSA) is 47.8 Å². The number of hydrogen-bond acceptors (Lipinski definition) is 5. The summed E-state index contributed by atoms with van der Waals surface area (Å²) in [6, 6.07) is 12.4. The molecule has 27 heavy (non-hydrogen) atoms. The van der Waals surface area contributed by atoms with Crippen molar-refractivity contribution in [2.24, 2.45) is 0 Å². The average molecular weight is 396 g/mol. The SMILES string of the molecule is CCSc1nc2c(sc3ncccc32)c(=O)n1Cc1ccc(C(C)C)cc1. The van der Waals surface area contributed by atoms with Crippen LogP contribution in [0.2, 0.25) is 0 Å². The standard InChI is InChI=1S/C21H21N3OS2/c1-4-26-21-23-17-16-6-5-11-22-19(16)27-18(17)20(25)24(21)12-14-7-9-15(10-8-14)13(2)3/h5-11,13H,4,12H2,1-3H3. The Morgan fingerprint density at radius 3 is 2.67 bits per heavy atom. The lowest BCUT2D eigenvalue weighted by molar-refractivity contribution is 0.659. The van der Waals surface area contributed by atoms with Crippen LogP contribution in [0.15, 0.2) is 52.5 Å². The van der Waals surface area contributed by atoms with Crippen LogP contribution in [0.3, 0.4) is 0 Å². The van der Waals surface area contributed by atoms with Gasteiger partial charge in [0, 0.05) is 11.6 Å². The van der Waals surface area contributed by atoms with Crippen molar-refractivity contribution >= 4 is 43.5 Å². The van der Waals surface area contributed by atoms with Crippen LogP contribution >= 0.6 is 23.1 Å². The molecule has 138 valence electrons. The van der Waals surface area contributed by atoms with Crippen molar-refractivity contribution in [3.05, 3.63) is 64.1 Å². The van der Waals surface area contributed by atoms with Crippen LogP contribution < -0.4 is 5.56 Å². The van der Waals surface area contributed by atoms with Gasteiger partial charge in [-0.3, -0.25) is 9.36 Å². The third kappa shape index (κ3) is 3.39. The van der Waals surface area contributed by atoms with Crippen molar-refractivity contribution in [2.75, 3.05) is 5.75 Å². The number of thioether (sulfide) groups is 1. The highest BCUT2D eigenvalue weighted by atomic mass is 32.2. The molecule has 0 atom stereocenters. The molecule has 0 amide bonds. The Bertz CT molecular complexity index is 1160. The predicted molar refractivity (Wildman–Crippen MR) is 115 cm³/mol.